The molecule has 1 aromatic carbocycles. The molecule has 1 saturated heterocycles. The lowest BCUT2D eigenvalue weighted by molar-refractivity contribution is 0.0691. The first-order chi connectivity index (χ1) is 8.61. The smallest absolute Gasteiger partial charge is 0.261 e. The Morgan fingerprint density at radius 1 is 1.22 bits per heavy atom. The summed E-state index contributed by atoms with van der Waals surface area (Å²) in [4.78, 5) is 14.2. The molecule has 18 heavy (non-hydrogen) atoms. The van der Waals surface area contributed by atoms with Gasteiger partial charge < -0.3 is 15.1 Å². The number of benzene rings is 1. The molecule has 1 aliphatic heterocycles. The van der Waals surface area contributed by atoms with Gasteiger partial charge in [0.25, 0.3) is 5.91 Å². The molecule has 0 bridgehead atoms. The second-order valence-corrected chi connectivity index (χ2v) is 4.87. The van der Waals surface area contributed by atoms with Gasteiger partial charge in [-0.05, 0) is 31.9 Å². The van der Waals surface area contributed by atoms with Crippen LogP contribution in [-0.2, 0) is 0 Å². The highest BCUT2D eigenvalue weighted by molar-refractivity contribution is 5.99. The van der Waals surface area contributed by atoms with E-state index in [1.54, 1.807) is 4.90 Å². The van der Waals surface area contributed by atoms with Crippen LogP contribution < -0.4 is 0 Å². The minimum absolute atomic E-state index is 0.0197. The van der Waals surface area contributed by atoms with Crippen molar-refractivity contribution in [3.8, 4) is 11.5 Å². The van der Waals surface area contributed by atoms with Gasteiger partial charge in [0, 0.05) is 12.6 Å². The molecule has 1 atom stereocenters. The number of amides is 1. The Kier molecular flexibility index (Phi) is 3.75. The Morgan fingerprint density at radius 3 is 2.56 bits per heavy atom. The fraction of sp³-hybridized carbons (Fsp3) is 0.500. The fourth-order valence-corrected chi connectivity index (χ4v) is 2.47. The van der Waals surface area contributed by atoms with Gasteiger partial charge in [-0.15, -0.1) is 0 Å². The Balaban J connectivity index is 2.29. The summed E-state index contributed by atoms with van der Waals surface area (Å²) in [6.45, 7) is 2.70. The van der Waals surface area contributed by atoms with Gasteiger partial charge in [0.1, 0.15) is 17.1 Å². The van der Waals surface area contributed by atoms with Crippen molar-refractivity contribution in [1.82, 2.24) is 4.90 Å². The van der Waals surface area contributed by atoms with Crippen LogP contribution >= 0.6 is 0 Å². The SMILES string of the molecule is CC1CCCCCN1C(=O)c1c(O)cccc1O. The van der Waals surface area contributed by atoms with Crippen LogP contribution in [-0.4, -0.2) is 33.6 Å². The Labute approximate surface area is 107 Å². The van der Waals surface area contributed by atoms with Gasteiger partial charge in [-0.2, -0.15) is 0 Å². The Hall–Kier alpha value is -1.71. The minimum atomic E-state index is -0.278. The number of nitrogens with zero attached hydrogens (tertiary/aromatic N) is 1. The van der Waals surface area contributed by atoms with Gasteiger partial charge in [0.2, 0.25) is 0 Å². The van der Waals surface area contributed by atoms with E-state index in [-0.39, 0.29) is 29.0 Å². The van der Waals surface area contributed by atoms with Gasteiger partial charge in [0.15, 0.2) is 0 Å². The van der Waals surface area contributed by atoms with Crippen molar-refractivity contribution in [2.24, 2.45) is 0 Å². The predicted octanol–water partition coefficient (Wildman–Crippen LogP) is 2.50. The minimum Gasteiger partial charge on any atom is -0.507 e. The highest BCUT2D eigenvalue weighted by Gasteiger charge is 2.26. The molecular weight excluding hydrogens is 230 g/mol. The average Bonchev–Trinajstić information content (AvgIpc) is 2.53. The van der Waals surface area contributed by atoms with E-state index in [9.17, 15) is 15.0 Å². The van der Waals surface area contributed by atoms with Gasteiger partial charge in [-0.1, -0.05) is 18.9 Å². The van der Waals surface area contributed by atoms with Crippen LogP contribution in [0.3, 0.4) is 0 Å². The zero-order chi connectivity index (χ0) is 13.1. The van der Waals surface area contributed by atoms with Crippen molar-refractivity contribution in [1.29, 1.82) is 0 Å². The summed E-state index contributed by atoms with van der Waals surface area (Å²) in [5.74, 6) is -0.590. The third kappa shape index (κ3) is 2.42. The van der Waals surface area contributed by atoms with E-state index in [1.165, 1.54) is 18.2 Å². The van der Waals surface area contributed by atoms with E-state index in [0.29, 0.717) is 6.54 Å². The molecule has 1 fully saturated rings. The number of phenolic OH excluding ortho intramolecular Hbond substituents is 2. The van der Waals surface area contributed by atoms with Crippen molar-refractivity contribution < 1.29 is 15.0 Å². The maximum absolute atomic E-state index is 12.4. The lowest BCUT2D eigenvalue weighted by Crippen LogP contribution is -2.38. The zero-order valence-corrected chi connectivity index (χ0v) is 10.6. The fourth-order valence-electron chi connectivity index (χ4n) is 2.47. The first-order valence-electron chi connectivity index (χ1n) is 6.43. The summed E-state index contributed by atoms with van der Waals surface area (Å²) in [5.41, 5.74) is 0.0197. The monoisotopic (exact) mass is 249 g/mol. The number of aromatic hydroxyl groups is 2. The first kappa shape index (κ1) is 12.7. The molecular formula is C14H19NO3. The maximum atomic E-state index is 12.4. The molecule has 2 rings (SSSR count). The second-order valence-electron chi connectivity index (χ2n) is 4.87. The molecule has 0 saturated carbocycles. The quantitative estimate of drug-likeness (QED) is 0.804. The molecule has 98 valence electrons. The van der Waals surface area contributed by atoms with Crippen LogP contribution in [0.5, 0.6) is 11.5 Å². The zero-order valence-electron chi connectivity index (χ0n) is 10.6. The number of hydrogen-bond acceptors (Lipinski definition) is 3. The summed E-state index contributed by atoms with van der Waals surface area (Å²) in [6.07, 6.45) is 4.20. The molecule has 1 amide bonds. The number of hydrogen-bond donors (Lipinski definition) is 2. The molecule has 0 radical (unpaired) electrons. The lowest BCUT2D eigenvalue weighted by Gasteiger charge is -2.27. The van der Waals surface area contributed by atoms with E-state index in [1.807, 2.05) is 6.92 Å². The summed E-state index contributed by atoms with van der Waals surface area (Å²) in [6, 6.07) is 4.53. The number of carbonyl (C=O) groups is 1. The summed E-state index contributed by atoms with van der Waals surface area (Å²) in [5, 5.41) is 19.5. The number of phenols is 2. The van der Waals surface area contributed by atoms with Crippen molar-refractivity contribution in [2.75, 3.05) is 6.54 Å². The van der Waals surface area contributed by atoms with Crippen LogP contribution in [0.1, 0.15) is 43.0 Å². The highest BCUT2D eigenvalue weighted by Crippen LogP contribution is 2.29. The molecule has 1 heterocycles. The number of likely N-dealkylation sites (tertiary alicyclic amines) is 1. The van der Waals surface area contributed by atoms with Crippen LogP contribution in [0, 0.1) is 0 Å². The van der Waals surface area contributed by atoms with E-state index in [2.05, 4.69) is 0 Å². The van der Waals surface area contributed by atoms with E-state index < -0.39 is 0 Å². The molecule has 2 N–H and O–H groups in total. The molecule has 0 spiro atoms. The van der Waals surface area contributed by atoms with Gasteiger partial charge in [-0.3, -0.25) is 4.79 Å². The predicted molar refractivity (Wildman–Crippen MR) is 68.7 cm³/mol. The summed E-state index contributed by atoms with van der Waals surface area (Å²) < 4.78 is 0. The summed E-state index contributed by atoms with van der Waals surface area (Å²) in [7, 11) is 0. The van der Waals surface area contributed by atoms with Crippen molar-refractivity contribution in [2.45, 2.75) is 38.6 Å². The lowest BCUT2D eigenvalue weighted by atomic mass is 10.1. The van der Waals surface area contributed by atoms with Crippen molar-refractivity contribution in [3.05, 3.63) is 23.8 Å². The average molecular weight is 249 g/mol. The summed E-state index contributed by atoms with van der Waals surface area (Å²) >= 11 is 0. The molecule has 1 unspecified atom stereocenters. The van der Waals surface area contributed by atoms with Crippen LogP contribution in [0.4, 0.5) is 0 Å². The maximum Gasteiger partial charge on any atom is 0.261 e. The van der Waals surface area contributed by atoms with Crippen molar-refractivity contribution in [3.63, 3.8) is 0 Å². The number of carbonyl (C=O) groups excluding carboxylic acids is 1. The molecule has 0 aromatic heterocycles. The van der Waals surface area contributed by atoms with E-state index in [4.69, 9.17) is 0 Å². The van der Waals surface area contributed by atoms with Crippen LogP contribution in [0.15, 0.2) is 18.2 Å². The first-order valence-corrected chi connectivity index (χ1v) is 6.43. The normalized spacial score (nSPS) is 20.5. The van der Waals surface area contributed by atoms with Gasteiger partial charge >= 0.3 is 0 Å². The van der Waals surface area contributed by atoms with Crippen molar-refractivity contribution >= 4 is 5.91 Å². The highest BCUT2D eigenvalue weighted by atomic mass is 16.3. The van der Waals surface area contributed by atoms with Crippen LogP contribution in [0.25, 0.3) is 0 Å². The molecule has 1 aromatic rings. The third-order valence-electron chi connectivity index (χ3n) is 3.55. The van der Waals surface area contributed by atoms with Gasteiger partial charge in [0.05, 0.1) is 0 Å². The topological polar surface area (TPSA) is 60.8 Å². The number of rotatable bonds is 1. The Bertz CT molecular complexity index is 424. The van der Waals surface area contributed by atoms with E-state index >= 15 is 0 Å². The van der Waals surface area contributed by atoms with Crippen LogP contribution in [0.2, 0.25) is 0 Å². The third-order valence-corrected chi connectivity index (χ3v) is 3.55. The molecule has 4 heteroatoms. The Morgan fingerprint density at radius 2 is 1.89 bits per heavy atom. The van der Waals surface area contributed by atoms with Gasteiger partial charge in [-0.25, -0.2) is 0 Å². The molecule has 4 nitrogen and oxygen atoms in total. The molecule has 0 aliphatic carbocycles. The van der Waals surface area contributed by atoms with E-state index in [0.717, 1.165) is 25.7 Å². The standard InChI is InChI=1S/C14H19NO3/c1-10-6-3-2-4-9-15(10)14(18)13-11(16)7-5-8-12(13)17/h5,7-8,10,16-17H,2-4,6,9H2,1H3. The largest absolute Gasteiger partial charge is 0.507 e. The molecule has 1 aliphatic rings. The second kappa shape index (κ2) is 5.29.